The molecule has 2 aromatic rings. The molecule has 1 aliphatic heterocycles. The monoisotopic (exact) mass is 563 g/mol. The quantitative estimate of drug-likeness (QED) is 0.366. The number of benzene rings is 2. The molecule has 2 atom stereocenters. The maximum absolute atomic E-state index is 13.6. The highest BCUT2D eigenvalue weighted by atomic mass is 16.6. The average molecular weight is 564 g/mol. The van der Waals surface area contributed by atoms with Crippen molar-refractivity contribution in [3.63, 3.8) is 0 Å². The molecule has 0 bridgehead atoms. The van der Waals surface area contributed by atoms with E-state index in [2.05, 4.69) is 10.2 Å². The van der Waals surface area contributed by atoms with Crippen LogP contribution in [0.1, 0.15) is 29.8 Å². The Hall–Kier alpha value is -4.76. The van der Waals surface area contributed by atoms with Gasteiger partial charge in [0.25, 0.3) is 17.7 Å². The Morgan fingerprint density at radius 2 is 1.90 bits per heavy atom. The molecule has 1 heterocycles. The summed E-state index contributed by atoms with van der Waals surface area (Å²) in [6, 6.07) is 11.1. The number of esters is 1. The van der Waals surface area contributed by atoms with Crippen molar-refractivity contribution in [1.29, 1.82) is 0 Å². The second-order valence-corrected chi connectivity index (χ2v) is 9.61. The van der Waals surface area contributed by atoms with Gasteiger partial charge in [0.1, 0.15) is 0 Å². The van der Waals surface area contributed by atoms with E-state index in [0.29, 0.717) is 23.5 Å². The zero-order valence-electron chi connectivity index (χ0n) is 23.7. The molecule has 3 rings (SSSR count). The maximum Gasteiger partial charge on any atom is 0.303 e. The van der Waals surface area contributed by atoms with Crippen LogP contribution in [0.25, 0.3) is 4.85 Å². The molecule has 1 saturated heterocycles. The molecule has 12 heteroatoms. The van der Waals surface area contributed by atoms with Gasteiger partial charge in [0.05, 0.1) is 19.7 Å². The summed E-state index contributed by atoms with van der Waals surface area (Å²) in [5, 5.41) is 2.65. The van der Waals surface area contributed by atoms with Crippen molar-refractivity contribution < 1.29 is 33.4 Å². The lowest BCUT2D eigenvalue weighted by Gasteiger charge is -2.35. The Balaban J connectivity index is 1.83. The van der Waals surface area contributed by atoms with Gasteiger partial charge in [-0.1, -0.05) is 19.1 Å². The van der Waals surface area contributed by atoms with Crippen LogP contribution >= 0.6 is 0 Å². The molecule has 0 unspecified atom stereocenters. The van der Waals surface area contributed by atoms with Crippen molar-refractivity contribution in [3.8, 4) is 0 Å². The molecule has 1 aliphatic rings. The molecule has 4 amide bonds. The number of anilines is 2. The first kappa shape index (κ1) is 30.8. The molecule has 0 aromatic heterocycles. The molecule has 12 nitrogen and oxygen atoms in total. The molecule has 2 aromatic carbocycles. The van der Waals surface area contributed by atoms with Crippen LogP contribution in [-0.4, -0.2) is 92.4 Å². The number of rotatable bonds is 9. The number of hydrogen-bond acceptors (Lipinski definition) is 7. The molecule has 41 heavy (non-hydrogen) atoms. The van der Waals surface area contributed by atoms with Gasteiger partial charge in [0, 0.05) is 51.5 Å². The minimum atomic E-state index is -1.60. The summed E-state index contributed by atoms with van der Waals surface area (Å²) in [7, 11) is 4.70. The van der Waals surface area contributed by atoms with Crippen LogP contribution in [0.4, 0.5) is 17.1 Å². The number of carbonyl (C=O) groups excluding carboxylic acids is 5. The molecule has 1 fully saturated rings. The molecule has 0 radical (unpaired) electrons. The van der Waals surface area contributed by atoms with E-state index < -0.39 is 35.9 Å². The first-order valence-electron chi connectivity index (χ1n) is 12.9. The lowest BCUT2D eigenvalue weighted by Crippen LogP contribution is -2.56. The standard InChI is InChI=1S/C29H33N5O7/c1-7-19-15-21(11-12-23(19)30-3)31-27(37)25(41-18(2)35)26-29(39)34(13-14-40-26)22-10-8-9-20(16-22)28(38)33(6)17-24(36)32(4)5/h8-12,15-16,25-26H,7,13-14,17H2,1-2,4-6H3,(H,31,37)/t25-,26-/m1/s1. The number of likely N-dealkylation sites (N-methyl/N-ethyl adjacent to an activating group) is 2. The fourth-order valence-corrected chi connectivity index (χ4v) is 4.22. The molecule has 0 spiro atoms. The van der Waals surface area contributed by atoms with E-state index in [1.807, 2.05) is 6.92 Å². The first-order valence-corrected chi connectivity index (χ1v) is 12.9. The zero-order valence-corrected chi connectivity index (χ0v) is 23.7. The second kappa shape index (κ2) is 13.5. The lowest BCUT2D eigenvalue weighted by molar-refractivity contribution is -0.167. The van der Waals surface area contributed by atoms with E-state index in [4.69, 9.17) is 16.0 Å². The Labute approximate surface area is 238 Å². The van der Waals surface area contributed by atoms with Gasteiger partial charge in [-0.3, -0.25) is 24.0 Å². The van der Waals surface area contributed by atoms with Crippen LogP contribution in [0.5, 0.6) is 0 Å². The van der Waals surface area contributed by atoms with Crippen LogP contribution in [0.3, 0.4) is 0 Å². The number of amides is 4. The Morgan fingerprint density at radius 1 is 1.17 bits per heavy atom. The maximum atomic E-state index is 13.6. The molecule has 216 valence electrons. The summed E-state index contributed by atoms with van der Waals surface area (Å²) < 4.78 is 10.9. The third-order valence-electron chi connectivity index (χ3n) is 6.42. The van der Waals surface area contributed by atoms with Crippen molar-refractivity contribution in [2.75, 3.05) is 51.1 Å². The molecule has 0 aliphatic carbocycles. The van der Waals surface area contributed by atoms with Crippen molar-refractivity contribution in [1.82, 2.24) is 9.80 Å². The van der Waals surface area contributed by atoms with E-state index in [-0.39, 0.29) is 31.2 Å². The van der Waals surface area contributed by atoms with E-state index >= 15 is 0 Å². The summed E-state index contributed by atoms with van der Waals surface area (Å²) in [6.45, 7) is 10.3. The van der Waals surface area contributed by atoms with Gasteiger partial charge in [-0.15, -0.1) is 0 Å². The van der Waals surface area contributed by atoms with Gasteiger partial charge in [0.15, 0.2) is 11.8 Å². The van der Waals surface area contributed by atoms with Gasteiger partial charge in [-0.2, -0.15) is 0 Å². The SMILES string of the molecule is [C-]#[N+]c1ccc(NC(=O)[C@H](OC(C)=O)[C@H]2OCCN(c3cccc(C(=O)N(C)CC(=O)N(C)C)c3)C2=O)cc1CC. The van der Waals surface area contributed by atoms with Crippen LogP contribution in [0.15, 0.2) is 42.5 Å². The third kappa shape index (κ3) is 7.46. The van der Waals surface area contributed by atoms with Gasteiger partial charge < -0.3 is 29.5 Å². The summed E-state index contributed by atoms with van der Waals surface area (Å²) in [4.78, 5) is 71.2. The second-order valence-electron chi connectivity index (χ2n) is 9.61. The van der Waals surface area contributed by atoms with Crippen LogP contribution in [0.2, 0.25) is 0 Å². The summed E-state index contributed by atoms with van der Waals surface area (Å²) in [5.74, 6) is -2.83. The minimum Gasteiger partial charge on any atom is -0.449 e. The number of carbonyl (C=O) groups is 5. The highest BCUT2D eigenvalue weighted by molar-refractivity contribution is 6.05. The van der Waals surface area contributed by atoms with Crippen LogP contribution < -0.4 is 10.2 Å². The van der Waals surface area contributed by atoms with Gasteiger partial charge in [-0.05, 0) is 42.3 Å². The average Bonchev–Trinajstić information content (AvgIpc) is 2.95. The molecule has 0 saturated carbocycles. The predicted octanol–water partition coefficient (Wildman–Crippen LogP) is 2.26. The number of nitrogens with one attached hydrogen (secondary N) is 1. The Kier molecular flexibility index (Phi) is 10.2. The number of ether oxygens (including phenoxy) is 2. The normalized spacial score (nSPS) is 15.4. The summed E-state index contributed by atoms with van der Waals surface area (Å²) >= 11 is 0. The molecular formula is C29H33N5O7. The minimum absolute atomic E-state index is 0.0382. The first-order chi connectivity index (χ1) is 19.5. The number of nitrogens with zero attached hydrogens (tertiary/aromatic N) is 4. The van der Waals surface area contributed by atoms with E-state index in [0.717, 1.165) is 12.5 Å². The summed E-state index contributed by atoms with van der Waals surface area (Å²) in [5.41, 5.74) is 2.20. The molecular weight excluding hydrogens is 530 g/mol. The molecule has 1 N–H and O–H groups in total. The zero-order chi connectivity index (χ0) is 30.3. The van der Waals surface area contributed by atoms with E-state index in [1.54, 1.807) is 50.5 Å². The van der Waals surface area contributed by atoms with Gasteiger partial charge >= 0.3 is 5.97 Å². The lowest BCUT2D eigenvalue weighted by atomic mass is 10.1. The van der Waals surface area contributed by atoms with Gasteiger partial charge in [-0.25, -0.2) is 4.85 Å². The number of aryl methyl sites for hydroxylation is 1. The Bertz CT molecular complexity index is 1380. The number of morpholine rings is 1. The third-order valence-corrected chi connectivity index (χ3v) is 6.42. The van der Waals surface area contributed by atoms with Crippen molar-refractivity contribution in [2.24, 2.45) is 0 Å². The highest BCUT2D eigenvalue weighted by Crippen LogP contribution is 2.26. The van der Waals surface area contributed by atoms with Crippen LogP contribution in [0, 0.1) is 6.57 Å². The van der Waals surface area contributed by atoms with E-state index in [9.17, 15) is 24.0 Å². The smallest absolute Gasteiger partial charge is 0.303 e. The Morgan fingerprint density at radius 3 is 2.54 bits per heavy atom. The predicted molar refractivity (Wildman–Crippen MR) is 150 cm³/mol. The fourth-order valence-electron chi connectivity index (χ4n) is 4.22. The van der Waals surface area contributed by atoms with Crippen molar-refractivity contribution in [2.45, 2.75) is 32.5 Å². The van der Waals surface area contributed by atoms with E-state index in [1.165, 1.54) is 27.8 Å². The van der Waals surface area contributed by atoms with Crippen molar-refractivity contribution >= 4 is 46.7 Å². The van der Waals surface area contributed by atoms with Crippen LogP contribution in [-0.2, 0) is 35.1 Å². The fraction of sp³-hybridized carbons (Fsp3) is 0.379. The topological polar surface area (TPSA) is 130 Å². The summed E-state index contributed by atoms with van der Waals surface area (Å²) in [6.07, 6.45) is -2.47. The van der Waals surface area contributed by atoms with Gasteiger partial charge in [0.2, 0.25) is 12.0 Å². The highest BCUT2D eigenvalue weighted by Gasteiger charge is 2.42. The number of hydrogen-bond donors (Lipinski definition) is 1. The largest absolute Gasteiger partial charge is 0.449 e. The van der Waals surface area contributed by atoms with Crippen molar-refractivity contribution in [3.05, 3.63) is 65.0 Å².